The summed E-state index contributed by atoms with van der Waals surface area (Å²) in [5, 5.41) is 27.6. The molecular weight excluding hydrogens is 374 g/mol. The second-order valence-electron chi connectivity index (χ2n) is 5.50. The number of H-pyrrole nitrogens is 1. The summed E-state index contributed by atoms with van der Waals surface area (Å²) in [4.78, 5) is 24.2. The predicted molar refractivity (Wildman–Crippen MR) is 98.5 cm³/mol. The molecule has 140 valence electrons. The average molecular weight is 390 g/mol. The maximum Gasteiger partial charge on any atom is 0.285 e. The first kappa shape index (κ1) is 18.3. The maximum atomic E-state index is 11.7. The van der Waals surface area contributed by atoms with Crippen molar-refractivity contribution in [3.8, 4) is 11.5 Å². The van der Waals surface area contributed by atoms with E-state index in [0.717, 1.165) is 0 Å². The quantitative estimate of drug-likeness (QED) is 0.310. The van der Waals surface area contributed by atoms with Crippen LogP contribution >= 0.6 is 11.6 Å². The molecule has 3 heterocycles. The van der Waals surface area contributed by atoms with Crippen molar-refractivity contribution in [3.63, 3.8) is 0 Å². The van der Waals surface area contributed by atoms with E-state index in [1.54, 1.807) is 0 Å². The normalized spacial score (nSPS) is 12.1. The van der Waals surface area contributed by atoms with Crippen molar-refractivity contribution in [3.05, 3.63) is 35.0 Å². The minimum Gasteiger partial charge on any atom is -0.504 e. The van der Waals surface area contributed by atoms with E-state index >= 15 is 0 Å². The van der Waals surface area contributed by atoms with Gasteiger partial charge in [0.2, 0.25) is 11.6 Å². The van der Waals surface area contributed by atoms with Crippen molar-refractivity contribution < 1.29 is 9.90 Å². The van der Waals surface area contributed by atoms with Crippen LogP contribution in [0.15, 0.2) is 18.2 Å². The molecule has 6 N–H and O–H groups in total. The molecule has 0 bridgehead atoms. The van der Waals surface area contributed by atoms with Crippen LogP contribution in [-0.4, -0.2) is 52.8 Å². The van der Waals surface area contributed by atoms with Crippen LogP contribution in [-0.2, 0) is 0 Å². The first-order valence-electron chi connectivity index (χ1n) is 7.82. The van der Waals surface area contributed by atoms with Crippen LogP contribution in [0.4, 0.5) is 0 Å². The number of rotatable bonds is 6. The molecule has 0 aliphatic carbocycles. The van der Waals surface area contributed by atoms with Gasteiger partial charge >= 0.3 is 0 Å². The number of nitrogens with two attached hydrogens (primary N) is 1. The number of primary amides is 1. The Morgan fingerprint density at radius 2 is 2.22 bits per heavy atom. The van der Waals surface area contributed by atoms with Crippen LogP contribution in [0.1, 0.15) is 30.3 Å². The van der Waals surface area contributed by atoms with Gasteiger partial charge in [0.05, 0.1) is 17.4 Å². The highest BCUT2D eigenvalue weighted by Gasteiger charge is 2.21. The zero-order valence-electron chi connectivity index (χ0n) is 14.4. The summed E-state index contributed by atoms with van der Waals surface area (Å²) in [6.45, 7) is 3.76. The molecule has 1 amide bonds. The number of nitrogens with one attached hydrogen (secondary N) is 3. The van der Waals surface area contributed by atoms with Crippen LogP contribution < -0.4 is 11.1 Å². The predicted octanol–water partition coefficient (Wildman–Crippen LogP) is 1.14. The molecule has 3 aromatic rings. The fraction of sp³-hybridized carbons (Fsp3) is 0.200. The fourth-order valence-corrected chi connectivity index (χ4v) is 2.57. The standard InChI is InChI=1S/C15H16ClN9O2/c1-3-19-10(11(26)6(2)17)14-22-13(23-24-14)9-7-4-20-8(16)5-25(7)15(21-9)12(18)27/h4-5,17,19,26H,3H2,1-2H3,(H2,18,27)(H,22,23,24)/b11-10+,17-6?. The van der Waals surface area contributed by atoms with Gasteiger partial charge < -0.3 is 21.6 Å². The Kier molecular flexibility index (Phi) is 4.77. The van der Waals surface area contributed by atoms with Gasteiger partial charge in [0.25, 0.3) is 5.91 Å². The molecule has 12 heteroatoms. The highest BCUT2D eigenvalue weighted by Crippen LogP contribution is 2.24. The Morgan fingerprint density at radius 1 is 1.48 bits per heavy atom. The summed E-state index contributed by atoms with van der Waals surface area (Å²) in [7, 11) is 0. The third kappa shape index (κ3) is 3.31. The molecule has 3 aromatic heterocycles. The van der Waals surface area contributed by atoms with Gasteiger partial charge in [-0.25, -0.2) is 15.0 Å². The van der Waals surface area contributed by atoms with Gasteiger partial charge in [-0.3, -0.25) is 14.3 Å². The van der Waals surface area contributed by atoms with Gasteiger partial charge in [-0.15, -0.1) is 0 Å². The van der Waals surface area contributed by atoms with Gasteiger partial charge in [-0.2, -0.15) is 5.10 Å². The molecule has 0 atom stereocenters. The van der Waals surface area contributed by atoms with Gasteiger partial charge in [0.1, 0.15) is 16.5 Å². The molecule has 0 aliphatic rings. The minimum atomic E-state index is -0.747. The zero-order chi connectivity index (χ0) is 19.7. The molecule has 0 aromatic carbocycles. The number of hydrogen-bond donors (Lipinski definition) is 5. The molecule has 0 radical (unpaired) electrons. The largest absolute Gasteiger partial charge is 0.504 e. The molecule has 3 rings (SSSR count). The monoisotopic (exact) mass is 389 g/mol. The fourth-order valence-electron chi connectivity index (χ4n) is 2.42. The van der Waals surface area contributed by atoms with Gasteiger partial charge in [0.15, 0.2) is 11.6 Å². The number of allylic oxidation sites excluding steroid dienone is 1. The Bertz CT molecular complexity index is 1080. The minimum absolute atomic E-state index is 0.0390. The SMILES string of the molecule is CCN/C(=C(/O)C(C)=N)c1n[nH]c(-c2nc(C(N)=O)n3cc(Cl)ncc23)n1. The number of aromatic amines is 1. The molecular formula is C15H16ClN9O2. The van der Waals surface area contributed by atoms with Gasteiger partial charge in [-0.1, -0.05) is 11.6 Å². The van der Waals surface area contributed by atoms with Crippen LogP contribution in [0, 0.1) is 5.41 Å². The van der Waals surface area contributed by atoms with E-state index in [4.69, 9.17) is 22.7 Å². The summed E-state index contributed by atoms with van der Waals surface area (Å²) in [6.07, 6.45) is 2.85. The van der Waals surface area contributed by atoms with E-state index in [2.05, 4.69) is 30.5 Å². The number of aliphatic hydroxyl groups excluding tert-OH is 1. The molecule has 0 spiro atoms. The third-order valence-corrected chi connectivity index (χ3v) is 3.79. The van der Waals surface area contributed by atoms with E-state index in [0.29, 0.717) is 12.1 Å². The molecule has 0 aliphatic heterocycles. The van der Waals surface area contributed by atoms with E-state index in [1.807, 2.05) is 6.92 Å². The molecule has 27 heavy (non-hydrogen) atoms. The summed E-state index contributed by atoms with van der Waals surface area (Å²) in [5.41, 5.74) is 6.27. The van der Waals surface area contributed by atoms with Crippen LogP contribution in [0.5, 0.6) is 0 Å². The number of amides is 1. The first-order valence-corrected chi connectivity index (χ1v) is 8.20. The lowest BCUT2D eigenvalue weighted by Crippen LogP contribution is -2.17. The number of aliphatic hydroxyl groups is 1. The summed E-state index contributed by atoms with van der Waals surface area (Å²) < 4.78 is 1.41. The van der Waals surface area contributed by atoms with Crippen molar-refractivity contribution in [1.82, 2.24) is 34.9 Å². The lowest BCUT2D eigenvalue weighted by atomic mass is 10.2. The second kappa shape index (κ2) is 7.03. The van der Waals surface area contributed by atoms with E-state index < -0.39 is 5.91 Å². The number of aromatic nitrogens is 6. The lowest BCUT2D eigenvalue weighted by Gasteiger charge is -2.07. The molecule has 11 nitrogen and oxygen atoms in total. The summed E-state index contributed by atoms with van der Waals surface area (Å²) in [6, 6.07) is 0. The number of fused-ring (bicyclic) bond motifs is 1. The number of nitrogens with zero attached hydrogens (tertiary/aromatic N) is 5. The highest BCUT2D eigenvalue weighted by atomic mass is 35.5. The lowest BCUT2D eigenvalue weighted by molar-refractivity contribution is 0.0990. The van der Waals surface area contributed by atoms with Crippen molar-refractivity contribution in [2.45, 2.75) is 13.8 Å². The zero-order valence-corrected chi connectivity index (χ0v) is 15.2. The molecule has 0 fully saturated rings. The molecule has 0 saturated heterocycles. The Hall–Kier alpha value is -3.47. The first-order chi connectivity index (χ1) is 12.8. The van der Waals surface area contributed by atoms with Crippen molar-refractivity contribution in [2.24, 2.45) is 5.73 Å². The Labute approximate surface area is 157 Å². The number of imidazole rings is 1. The Morgan fingerprint density at radius 3 is 2.85 bits per heavy atom. The summed E-state index contributed by atoms with van der Waals surface area (Å²) >= 11 is 5.89. The molecule has 0 saturated carbocycles. The number of carbonyl (C=O) groups is 1. The van der Waals surface area contributed by atoms with Crippen LogP contribution in [0.3, 0.4) is 0 Å². The summed E-state index contributed by atoms with van der Waals surface area (Å²) in [5.74, 6) is -0.695. The topological polar surface area (TPSA) is 171 Å². The average Bonchev–Trinajstić information content (AvgIpc) is 3.23. The number of halogens is 1. The highest BCUT2D eigenvalue weighted by molar-refractivity contribution is 6.29. The van der Waals surface area contributed by atoms with E-state index in [-0.39, 0.29) is 45.5 Å². The smallest absolute Gasteiger partial charge is 0.285 e. The van der Waals surface area contributed by atoms with Crippen molar-refractivity contribution in [2.75, 3.05) is 6.54 Å². The van der Waals surface area contributed by atoms with Crippen LogP contribution in [0.25, 0.3) is 22.7 Å². The second-order valence-corrected chi connectivity index (χ2v) is 5.89. The molecule has 0 unspecified atom stereocenters. The van der Waals surface area contributed by atoms with E-state index in [9.17, 15) is 9.90 Å². The van der Waals surface area contributed by atoms with Gasteiger partial charge in [0, 0.05) is 12.7 Å². The van der Waals surface area contributed by atoms with Crippen LogP contribution in [0.2, 0.25) is 5.15 Å². The maximum absolute atomic E-state index is 11.7. The van der Waals surface area contributed by atoms with Gasteiger partial charge in [-0.05, 0) is 13.8 Å². The van der Waals surface area contributed by atoms with E-state index in [1.165, 1.54) is 23.7 Å². The Balaban J connectivity index is 2.16. The van der Waals surface area contributed by atoms with Crippen molar-refractivity contribution in [1.29, 1.82) is 5.41 Å². The number of carbonyl (C=O) groups excluding carboxylic acids is 1. The number of hydrogen-bond acceptors (Lipinski definition) is 8. The third-order valence-electron chi connectivity index (χ3n) is 3.59. The van der Waals surface area contributed by atoms with Crippen molar-refractivity contribution >= 4 is 34.4 Å².